The maximum absolute atomic E-state index is 5.59. The molecule has 90 valence electrons. The van der Waals surface area contributed by atoms with Crippen LogP contribution >= 0.6 is 15.9 Å². The van der Waals surface area contributed by atoms with Gasteiger partial charge in [-0.3, -0.25) is 0 Å². The minimum Gasteiger partial charge on any atom is -0.494 e. The molecule has 0 unspecified atom stereocenters. The van der Waals surface area contributed by atoms with Crippen molar-refractivity contribution in [3.05, 3.63) is 29.8 Å². The molecule has 0 bridgehead atoms. The smallest absolute Gasteiger partial charge is 0.119 e. The van der Waals surface area contributed by atoms with Crippen molar-refractivity contribution in [2.75, 3.05) is 19.8 Å². The van der Waals surface area contributed by atoms with E-state index in [0.29, 0.717) is 0 Å². The fourth-order valence-corrected chi connectivity index (χ4v) is 1.65. The van der Waals surface area contributed by atoms with Gasteiger partial charge in [-0.25, -0.2) is 0 Å². The summed E-state index contributed by atoms with van der Waals surface area (Å²) in [5.41, 5.74) is 1.26. The lowest BCUT2D eigenvalue weighted by molar-refractivity contribution is 0.120. The molecule has 0 heterocycles. The van der Waals surface area contributed by atoms with Crippen LogP contribution in [0.1, 0.15) is 25.3 Å². The van der Waals surface area contributed by atoms with Gasteiger partial charge >= 0.3 is 0 Å². The standard InChI is InChI=1S/C13H19BrO2/c1-2-8-15-9-3-10-16-13-6-4-12(11-14)5-7-13/h4-7H,2-3,8-11H2,1H3. The van der Waals surface area contributed by atoms with Crippen molar-refractivity contribution in [2.45, 2.75) is 25.1 Å². The SMILES string of the molecule is CCCOCCCOc1ccc(CBr)cc1. The Morgan fingerprint density at radius 1 is 1.06 bits per heavy atom. The van der Waals surface area contributed by atoms with E-state index < -0.39 is 0 Å². The van der Waals surface area contributed by atoms with E-state index in [-0.39, 0.29) is 0 Å². The lowest BCUT2D eigenvalue weighted by Crippen LogP contribution is -2.03. The number of alkyl halides is 1. The lowest BCUT2D eigenvalue weighted by atomic mass is 10.2. The van der Waals surface area contributed by atoms with Crippen molar-refractivity contribution in [3.8, 4) is 5.75 Å². The summed E-state index contributed by atoms with van der Waals surface area (Å²) in [6.45, 7) is 4.46. The molecule has 0 saturated heterocycles. The zero-order chi connectivity index (χ0) is 11.6. The molecule has 1 aromatic rings. The van der Waals surface area contributed by atoms with E-state index in [1.54, 1.807) is 0 Å². The number of halogens is 1. The van der Waals surface area contributed by atoms with Crippen molar-refractivity contribution in [1.29, 1.82) is 0 Å². The first-order valence-electron chi connectivity index (χ1n) is 5.72. The summed E-state index contributed by atoms with van der Waals surface area (Å²) in [6.07, 6.45) is 2.02. The fourth-order valence-electron chi connectivity index (χ4n) is 1.27. The van der Waals surface area contributed by atoms with Crippen LogP contribution < -0.4 is 4.74 Å². The molecule has 3 heteroatoms. The maximum Gasteiger partial charge on any atom is 0.119 e. The Balaban J connectivity index is 2.12. The summed E-state index contributed by atoms with van der Waals surface area (Å²) in [4.78, 5) is 0. The third-order valence-electron chi connectivity index (χ3n) is 2.13. The predicted octanol–water partition coefficient (Wildman–Crippen LogP) is 3.78. The summed E-state index contributed by atoms with van der Waals surface area (Å²) >= 11 is 3.41. The average Bonchev–Trinajstić information content (AvgIpc) is 2.34. The summed E-state index contributed by atoms with van der Waals surface area (Å²) in [6, 6.07) is 8.14. The van der Waals surface area contributed by atoms with Gasteiger partial charge in [-0.1, -0.05) is 35.0 Å². The molecule has 16 heavy (non-hydrogen) atoms. The van der Waals surface area contributed by atoms with Crippen molar-refractivity contribution in [1.82, 2.24) is 0 Å². The second kappa shape index (κ2) is 8.59. The Bertz CT molecular complexity index is 272. The average molecular weight is 287 g/mol. The Kier molecular flexibility index (Phi) is 7.26. The molecule has 1 aromatic carbocycles. The minimum atomic E-state index is 0.720. The summed E-state index contributed by atoms with van der Waals surface area (Å²) in [7, 11) is 0. The van der Waals surface area contributed by atoms with E-state index in [1.165, 1.54) is 5.56 Å². The first-order valence-corrected chi connectivity index (χ1v) is 6.84. The highest BCUT2D eigenvalue weighted by Crippen LogP contribution is 2.14. The molecule has 0 radical (unpaired) electrons. The Hall–Kier alpha value is -0.540. The van der Waals surface area contributed by atoms with E-state index in [9.17, 15) is 0 Å². The topological polar surface area (TPSA) is 18.5 Å². The van der Waals surface area contributed by atoms with Crippen LogP contribution in [0.15, 0.2) is 24.3 Å². The summed E-state index contributed by atoms with van der Waals surface area (Å²) in [5, 5.41) is 0.887. The van der Waals surface area contributed by atoms with Crippen molar-refractivity contribution in [2.24, 2.45) is 0 Å². The van der Waals surface area contributed by atoms with Gasteiger partial charge in [-0.15, -0.1) is 0 Å². The van der Waals surface area contributed by atoms with Crippen LogP contribution in [-0.4, -0.2) is 19.8 Å². The summed E-state index contributed by atoms with van der Waals surface area (Å²) in [5.74, 6) is 0.931. The van der Waals surface area contributed by atoms with E-state index >= 15 is 0 Å². The molecule has 0 spiro atoms. The molecule has 0 aliphatic heterocycles. The maximum atomic E-state index is 5.59. The Labute approximate surface area is 106 Å². The second-order valence-electron chi connectivity index (χ2n) is 3.59. The van der Waals surface area contributed by atoms with E-state index in [1.807, 2.05) is 12.1 Å². The van der Waals surface area contributed by atoms with Gasteiger partial charge < -0.3 is 9.47 Å². The highest BCUT2D eigenvalue weighted by molar-refractivity contribution is 9.08. The molecule has 1 rings (SSSR count). The van der Waals surface area contributed by atoms with Crippen molar-refractivity contribution in [3.63, 3.8) is 0 Å². The molecule has 2 nitrogen and oxygen atoms in total. The van der Waals surface area contributed by atoms with Crippen LogP contribution in [0.4, 0.5) is 0 Å². The Morgan fingerprint density at radius 3 is 2.44 bits per heavy atom. The molecular formula is C13H19BrO2. The highest BCUT2D eigenvalue weighted by Gasteiger charge is 1.94. The monoisotopic (exact) mass is 286 g/mol. The number of rotatable bonds is 8. The Morgan fingerprint density at radius 2 is 1.81 bits per heavy atom. The predicted molar refractivity (Wildman–Crippen MR) is 70.3 cm³/mol. The molecule has 0 atom stereocenters. The molecule has 0 saturated carbocycles. The molecule has 0 aromatic heterocycles. The normalized spacial score (nSPS) is 10.4. The zero-order valence-electron chi connectivity index (χ0n) is 9.75. The molecule has 0 fully saturated rings. The van der Waals surface area contributed by atoms with Crippen molar-refractivity contribution < 1.29 is 9.47 Å². The van der Waals surface area contributed by atoms with Crippen LogP contribution in [0.25, 0.3) is 0 Å². The quantitative estimate of drug-likeness (QED) is 0.535. The van der Waals surface area contributed by atoms with Gasteiger partial charge in [0.15, 0.2) is 0 Å². The van der Waals surface area contributed by atoms with Crippen LogP contribution in [-0.2, 0) is 10.1 Å². The number of ether oxygens (including phenoxy) is 2. The lowest BCUT2D eigenvalue weighted by Gasteiger charge is -2.06. The minimum absolute atomic E-state index is 0.720. The summed E-state index contributed by atoms with van der Waals surface area (Å²) < 4.78 is 11.0. The second-order valence-corrected chi connectivity index (χ2v) is 4.15. The molecule has 0 aliphatic carbocycles. The van der Waals surface area contributed by atoms with Crippen molar-refractivity contribution >= 4 is 15.9 Å². The number of hydrogen-bond acceptors (Lipinski definition) is 2. The molecule has 0 amide bonds. The molecule has 0 N–H and O–H groups in total. The first kappa shape index (κ1) is 13.5. The third-order valence-corrected chi connectivity index (χ3v) is 2.78. The van der Waals surface area contributed by atoms with Crippen LogP contribution in [0, 0.1) is 0 Å². The number of benzene rings is 1. The van der Waals surface area contributed by atoms with Gasteiger partial charge in [-0.2, -0.15) is 0 Å². The van der Waals surface area contributed by atoms with Gasteiger partial charge in [-0.05, 0) is 24.1 Å². The van der Waals surface area contributed by atoms with Gasteiger partial charge in [0.05, 0.1) is 6.61 Å². The van der Waals surface area contributed by atoms with E-state index in [4.69, 9.17) is 9.47 Å². The molecule has 0 aliphatic rings. The van der Waals surface area contributed by atoms with Crippen LogP contribution in [0.3, 0.4) is 0 Å². The van der Waals surface area contributed by atoms with Gasteiger partial charge in [0.25, 0.3) is 0 Å². The zero-order valence-corrected chi connectivity index (χ0v) is 11.3. The van der Waals surface area contributed by atoms with Gasteiger partial charge in [0.1, 0.15) is 5.75 Å². The molecular weight excluding hydrogens is 268 g/mol. The third kappa shape index (κ3) is 5.52. The van der Waals surface area contributed by atoms with Gasteiger partial charge in [0.2, 0.25) is 0 Å². The van der Waals surface area contributed by atoms with E-state index in [2.05, 4.69) is 35.0 Å². The number of hydrogen-bond donors (Lipinski definition) is 0. The highest BCUT2D eigenvalue weighted by atomic mass is 79.9. The fraction of sp³-hybridized carbons (Fsp3) is 0.538. The van der Waals surface area contributed by atoms with Gasteiger partial charge in [0, 0.05) is 25.0 Å². The first-order chi connectivity index (χ1) is 7.86. The van der Waals surface area contributed by atoms with Crippen LogP contribution in [0.2, 0.25) is 0 Å². The van der Waals surface area contributed by atoms with E-state index in [0.717, 1.165) is 43.7 Å². The largest absolute Gasteiger partial charge is 0.494 e. The van der Waals surface area contributed by atoms with Crippen LogP contribution in [0.5, 0.6) is 5.75 Å².